The van der Waals surface area contributed by atoms with Gasteiger partial charge in [0, 0.05) is 27.4 Å². The molecule has 21 heteroatoms. The molecule has 4 rings (SSSR count). The van der Waals surface area contributed by atoms with Gasteiger partial charge in [0.15, 0.2) is 25.2 Å². The number of aliphatic hydroxyl groups is 10. The van der Waals surface area contributed by atoms with Gasteiger partial charge in [-0.05, 0) is 13.3 Å². The molecule has 4 fully saturated rings. The lowest BCUT2D eigenvalue weighted by atomic mass is 9.97. The van der Waals surface area contributed by atoms with Crippen LogP contribution in [0.3, 0.4) is 0 Å². The minimum Gasteiger partial charge on any atom is -0.387 e. The summed E-state index contributed by atoms with van der Waals surface area (Å²) < 4.78 is 61.6. The molecule has 4 saturated heterocycles. The summed E-state index contributed by atoms with van der Waals surface area (Å²) in [4.78, 5) is 0. The first-order valence-electron chi connectivity index (χ1n) is 20.8. The van der Waals surface area contributed by atoms with Crippen molar-refractivity contribution in [3.05, 3.63) is 0 Å². The van der Waals surface area contributed by atoms with Gasteiger partial charge >= 0.3 is 0 Å². The fourth-order valence-electron chi connectivity index (χ4n) is 6.50. The smallest absolute Gasteiger partial charge is 0.186 e. The van der Waals surface area contributed by atoms with Crippen molar-refractivity contribution in [1.82, 2.24) is 0 Å². The van der Waals surface area contributed by atoms with Gasteiger partial charge in [-0.1, -0.05) is 69.7 Å². The Bertz CT molecular complexity index is 1050. The Morgan fingerprint density at radius 2 is 0.738 bits per heavy atom. The molecule has 0 saturated carbocycles. The molecule has 0 aromatic rings. The lowest BCUT2D eigenvalue weighted by molar-refractivity contribution is -0.350. The number of hydrogen-bond acceptors (Lipinski definition) is 21. The fraction of sp³-hybridized carbons (Fsp3) is 1.00. The van der Waals surface area contributed by atoms with Crippen molar-refractivity contribution in [2.24, 2.45) is 0 Å². The maximum absolute atomic E-state index is 11.1. The van der Waals surface area contributed by atoms with E-state index in [9.17, 15) is 51.1 Å². The maximum atomic E-state index is 11.1. The van der Waals surface area contributed by atoms with E-state index in [0.717, 1.165) is 6.42 Å². The van der Waals surface area contributed by atoms with Gasteiger partial charge in [0.25, 0.3) is 0 Å². The normalized spacial score (nSPS) is 40.9. The third-order valence-corrected chi connectivity index (χ3v) is 9.62. The second-order valence-corrected chi connectivity index (χ2v) is 13.4. The average Bonchev–Trinajstić information content (AvgIpc) is 3.25. The van der Waals surface area contributed by atoms with Gasteiger partial charge in [-0.2, -0.15) is 0 Å². The monoisotopic (exact) mass is 901 g/mol. The maximum Gasteiger partial charge on any atom is 0.186 e. The number of methoxy groups -OCH3 is 2. The molecule has 0 amide bonds. The van der Waals surface area contributed by atoms with Gasteiger partial charge < -0.3 is 103 Å². The minimum absolute atomic E-state index is 0. The van der Waals surface area contributed by atoms with Gasteiger partial charge in [-0.25, -0.2) is 0 Å². The molecule has 370 valence electrons. The molecule has 10 N–H and O–H groups in total. The highest BCUT2D eigenvalue weighted by atomic mass is 16.8. The van der Waals surface area contributed by atoms with E-state index >= 15 is 0 Å². The van der Waals surface area contributed by atoms with Crippen LogP contribution < -0.4 is 0 Å². The minimum atomic E-state index is -1.80. The standard InChI is InChI=1S/C32H58O21.3C2H6.2CH4/c1-5-7-8-46-28-16(12-49-30-23(39)19(35)17(33)13(50-30)9-43-3)53-32(26(42)22(28)38)47-10-14-18(34)20(36)24(40)31(51-14)48-11-15-27(45-6-2)21(37)25(41)29(44-4)52-15;3*1-2;;/h13-42H,5-12H2,1-4H3;3*1-2H3;2*1H4/t13-,14-,15-,16-,17-,18-,19+,20+,21-,22-,23-,24-,25-,26-,27-,28-,29+,30+,31+,32+;;;;;/m1...../s1. The molecule has 0 aromatic heterocycles. The molecule has 61 heavy (non-hydrogen) atoms. The second-order valence-electron chi connectivity index (χ2n) is 13.4. The van der Waals surface area contributed by atoms with Crippen LogP contribution >= 0.6 is 0 Å². The molecule has 0 bridgehead atoms. The van der Waals surface area contributed by atoms with E-state index in [1.165, 1.54) is 14.2 Å². The first-order chi connectivity index (χ1) is 28.3. The summed E-state index contributed by atoms with van der Waals surface area (Å²) >= 11 is 0. The van der Waals surface area contributed by atoms with E-state index in [-0.39, 0.29) is 41.3 Å². The summed E-state index contributed by atoms with van der Waals surface area (Å²) in [6.45, 7) is 14.4. The summed E-state index contributed by atoms with van der Waals surface area (Å²) in [7, 11) is 2.63. The Morgan fingerprint density at radius 1 is 0.393 bits per heavy atom. The Balaban J connectivity index is 0. The van der Waals surface area contributed by atoms with E-state index in [1.54, 1.807) is 6.92 Å². The van der Waals surface area contributed by atoms with Crippen molar-refractivity contribution in [2.75, 3.05) is 53.9 Å². The van der Waals surface area contributed by atoms with Gasteiger partial charge in [-0.3, -0.25) is 0 Å². The number of unbranched alkanes of at least 4 members (excludes halogenated alkanes) is 1. The van der Waals surface area contributed by atoms with Gasteiger partial charge in [0.2, 0.25) is 0 Å². The first-order valence-corrected chi connectivity index (χ1v) is 20.8. The van der Waals surface area contributed by atoms with Crippen LogP contribution in [-0.4, -0.2) is 228 Å². The topological polar surface area (TPSA) is 304 Å². The molecule has 4 heterocycles. The predicted octanol–water partition coefficient (Wildman–Crippen LogP) is -1.22. The van der Waals surface area contributed by atoms with Gasteiger partial charge in [-0.15, -0.1) is 0 Å². The lowest BCUT2D eigenvalue weighted by Gasteiger charge is -2.45. The van der Waals surface area contributed by atoms with Crippen LogP contribution in [0.2, 0.25) is 0 Å². The van der Waals surface area contributed by atoms with E-state index in [2.05, 4.69) is 0 Å². The lowest BCUT2D eigenvalue weighted by Crippen LogP contribution is -2.63. The fourth-order valence-corrected chi connectivity index (χ4v) is 6.50. The third-order valence-electron chi connectivity index (χ3n) is 9.62. The average molecular weight is 901 g/mol. The largest absolute Gasteiger partial charge is 0.387 e. The Kier molecular flexibility index (Phi) is 33.4. The zero-order valence-electron chi connectivity index (χ0n) is 36.2. The molecular weight excluding hydrogens is 816 g/mol. The van der Waals surface area contributed by atoms with E-state index in [1.807, 2.05) is 48.5 Å². The zero-order chi connectivity index (χ0) is 45.0. The molecule has 0 unspecified atom stereocenters. The van der Waals surface area contributed by atoms with Crippen LogP contribution in [0.4, 0.5) is 0 Å². The Morgan fingerprint density at radius 3 is 1.13 bits per heavy atom. The molecule has 0 aromatic carbocycles. The van der Waals surface area contributed by atoms with Crippen molar-refractivity contribution in [2.45, 2.75) is 206 Å². The molecule has 4 aliphatic heterocycles. The molecule has 0 radical (unpaired) electrons. The Hall–Kier alpha value is -0.840. The quantitative estimate of drug-likeness (QED) is 0.0721. The van der Waals surface area contributed by atoms with Crippen LogP contribution in [0, 0.1) is 0 Å². The van der Waals surface area contributed by atoms with Crippen LogP contribution in [0.25, 0.3) is 0 Å². The molecule has 0 aliphatic carbocycles. The molecule has 4 aliphatic rings. The van der Waals surface area contributed by atoms with Crippen LogP contribution in [0.15, 0.2) is 0 Å². The van der Waals surface area contributed by atoms with E-state index < -0.39 is 136 Å². The Labute approximate surface area is 362 Å². The highest BCUT2D eigenvalue weighted by Gasteiger charge is 2.51. The molecule has 0 spiro atoms. The highest BCUT2D eigenvalue weighted by molar-refractivity contribution is 4.95. The molecule has 21 nitrogen and oxygen atoms in total. The first kappa shape index (κ1) is 62.2. The third kappa shape index (κ3) is 16.8. The van der Waals surface area contributed by atoms with E-state index in [0.29, 0.717) is 6.42 Å². The number of aliphatic hydroxyl groups excluding tert-OH is 10. The summed E-state index contributed by atoms with van der Waals surface area (Å²) in [5.74, 6) is 0. The van der Waals surface area contributed by atoms with Crippen LogP contribution in [-0.2, 0) is 52.1 Å². The molecular formula is C40H84O21. The van der Waals surface area contributed by atoms with Crippen LogP contribution in [0.5, 0.6) is 0 Å². The van der Waals surface area contributed by atoms with Crippen molar-refractivity contribution in [3.63, 3.8) is 0 Å². The van der Waals surface area contributed by atoms with E-state index in [4.69, 9.17) is 52.1 Å². The predicted molar refractivity (Wildman–Crippen MR) is 219 cm³/mol. The van der Waals surface area contributed by atoms with Crippen LogP contribution in [0.1, 0.15) is 83.1 Å². The summed E-state index contributed by atoms with van der Waals surface area (Å²) in [5.41, 5.74) is 0. The van der Waals surface area contributed by atoms with Gasteiger partial charge in [0.1, 0.15) is 97.7 Å². The molecule has 20 atom stereocenters. The highest BCUT2D eigenvalue weighted by Crippen LogP contribution is 2.31. The zero-order valence-corrected chi connectivity index (χ0v) is 36.2. The summed E-state index contributed by atoms with van der Waals surface area (Å²) in [6, 6.07) is 0. The summed E-state index contributed by atoms with van der Waals surface area (Å²) in [5, 5.41) is 106. The summed E-state index contributed by atoms with van der Waals surface area (Å²) in [6.07, 6.45) is -27.5. The number of rotatable bonds is 18. The van der Waals surface area contributed by atoms with Crippen molar-refractivity contribution in [1.29, 1.82) is 0 Å². The van der Waals surface area contributed by atoms with Crippen molar-refractivity contribution < 1.29 is 103 Å². The van der Waals surface area contributed by atoms with Crippen molar-refractivity contribution >= 4 is 0 Å². The SMILES string of the molecule is C.C.CC.CC.CC.CCCCO[C@H]1[C@H](O)[C@@H](O)[C@@H](OC[C@H]2O[C@H](OC[C@H]3O[C@H](OC)[C@H](O)[C@@H](O)[C@@H]3OCC)[C@H](O)[C@@H](O)[C@@H]2O)O[C@@H]1CO[C@H]1O[C@H](COC)[C@@H](O)[C@H](O)[C@H]1O. The van der Waals surface area contributed by atoms with Crippen molar-refractivity contribution in [3.8, 4) is 0 Å². The van der Waals surface area contributed by atoms with Gasteiger partial charge in [0.05, 0.1) is 26.4 Å². The number of ether oxygens (including phenoxy) is 11. The second kappa shape index (κ2) is 32.8. The number of hydrogen-bond donors (Lipinski definition) is 10.